The van der Waals surface area contributed by atoms with Gasteiger partial charge in [-0.2, -0.15) is 11.8 Å². The Bertz CT molecular complexity index is 186. The fraction of sp³-hybridized carbons (Fsp3) is 1.00. The van der Waals surface area contributed by atoms with Gasteiger partial charge in [0, 0.05) is 0 Å². The molecular formula is C22H47BS. The summed E-state index contributed by atoms with van der Waals surface area (Å²) in [7, 11) is 1.47. The van der Waals surface area contributed by atoms with Gasteiger partial charge in [-0.05, 0) is 17.9 Å². The van der Waals surface area contributed by atoms with E-state index in [1.54, 1.807) is 0 Å². The van der Waals surface area contributed by atoms with Crippen molar-refractivity contribution in [3.8, 4) is 0 Å². The highest BCUT2D eigenvalue weighted by Gasteiger charge is 1.96. The first-order valence-corrected chi connectivity index (χ1v) is 12.6. The van der Waals surface area contributed by atoms with Crippen LogP contribution in [0.15, 0.2) is 0 Å². The topological polar surface area (TPSA) is 0 Å². The molecule has 0 N–H and O–H groups in total. The molecule has 0 aliphatic carbocycles. The molecule has 0 rings (SSSR count). The molecule has 0 atom stereocenters. The van der Waals surface area contributed by atoms with Crippen LogP contribution in [0.1, 0.15) is 117 Å². The van der Waals surface area contributed by atoms with Gasteiger partial charge in [0.2, 0.25) is 0 Å². The average Bonchev–Trinajstić information content (AvgIpc) is 2.60. The van der Waals surface area contributed by atoms with E-state index in [-0.39, 0.29) is 0 Å². The zero-order valence-electron chi connectivity index (χ0n) is 17.3. The van der Waals surface area contributed by atoms with Gasteiger partial charge >= 0.3 is 0 Å². The molecule has 144 valence electrons. The standard InChI is InChI=1S/C22H47BS/c1-3-5-7-9-10-11-12-13-14-15-17-19-23-20-22-24-21-18-16-8-6-4-2/h23H,3-22H2,1-2H3. The van der Waals surface area contributed by atoms with Crippen LogP contribution in [0.5, 0.6) is 0 Å². The van der Waals surface area contributed by atoms with E-state index in [2.05, 4.69) is 25.6 Å². The third-order valence-corrected chi connectivity index (χ3v) is 6.19. The predicted molar refractivity (Wildman–Crippen MR) is 119 cm³/mol. The predicted octanol–water partition coefficient (Wildman–Crippen LogP) is 8.27. The van der Waals surface area contributed by atoms with Crippen molar-refractivity contribution in [1.29, 1.82) is 0 Å². The minimum Gasteiger partial charge on any atom is -0.163 e. The first-order valence-electron chi connectivity index (χ1n) is 11.5. The number of rotatable bonds is 21. The van der Waals surface area contributed by atoms with E-state index in [1.807, 2.05) is 0 Å². The van der Waals surface area contributed by atoms with Crippen LogP contribution in [0.3, 0.4) is 0 Å². The Morgan fingerprint density at radius 2 is 0.917 bits per heavy atom. The van der Waals surface area contributed by atoms with Crippen LogP contribution in [0.25, 0.3) is 0 Å². The van der Waals surface area contributed by atoms with Gasteiger partial charge in [0.05, 0.1) is 0 Å². The van der Waals surface area contributed by atoms with Crippen molar-refractivity contribution in [2.45, 2.75) is 129 Å². The highest BCUT2D eigenvalue weighted by atomic mass is 32.2. The van der Waals surface area contributed by atoms with Crippen LogP contribution in [-0.4, -0.2) is 18.8 Å². The molecule has 0 saturated carbocycles. The van der Waals surface area contributed by atoms with Crippen molar-refractivity contribution < 1.29 is 0 Å². The quantitative estimate of drug-likeness (QED) is 0.148. The van der Waals surface area contributed by atoms with Gasteiger partial charge in [-0.1, -0.05) is 123 Å². The van der Waals surface area contributed by atoms with Crippen molar-refractivity contribution in [3.05, 3.63) is 0 Å². The SMILES string of the molecule is CCCCCCCCCCCCCBCCSCCCCCCC. The summed E-state index contributed by atoms with van der Waals surface area (Å²) in [6.45, 7) is 4.60. The van der Waals surface area contributed by atoms with Crippen molar-refractivity contribution in [3.63, 3.8) is 0 Å². The van der Waals surface area contributed by atoms with E-state index in [0.29, 0.717) is 0 Å². The Morgan fingerprint density at radius 1 is 0.458 bits per heavy atom. The van der Waals surface area contributed by atoms with Crippen LogP contribution in [0, 0.1) is 0 Å². The number of unbranched alkanes of at least 4 members (excludes halogenated alkanes) is 14. The van der Waals surface area contributed by atoms with Crippen molar-refractivity contribution in [2.75, 3.05) is 11.5 Å². The Morgan fingerprint density at radius 3 is 1.46 bits per heavy atom. The fourth-order valence-corrected chi connectivity index (χ4v) is 4.33. The molecule has 0 radical (unpaired) electrons. The van der Waals surface area contributed by atoms with Crippen LogP contribution in [0.4, 0.5) is 0 Å². The van der Waals surface area contributed by atoms with Gasteiger partial charge in [0.1, 0.15) is 7.28 Å². The van der Waals surface area contributed by atoms with Gasteiger partial charge in [0.25, 0.3) is 0 Å². The summed E-state index contributed by atoms with van der Waals surface area (Å²) in [4.78, 5) is 0. The molecule has 24 heavy (non-hydrogen) atoms. The third kappa shape index (κ3) is 22.4. The van der Waals surface area contributed by atoms with Gasteiger partial charge in [0.15, 0.2) is 0 Å². The zero-order valence-corrected chi connectivity index (χ0v) is 18.1. The molecule has 0 aromatic rings. The van der Waals surface area contributed by atoms with E-state index < -0.39 is 0 Å². The number of thioether (sulfide) groups is 1. The lowest BCUT2D eigenvalue weighted by molar-refractivity contribution is 0.554. The van der Waals surface area contributed by atoms with Crippen molar-refractivity contribution >= 4 is 19.0 Å². The fourth-order valence-electron chi connectivity index (χ4n) is 3.31. The Labute approximate surface area is 160 Å². The molecule has 0 fully saturated rings. The summed E-state index contributed by atoms with van der Waals surface area (Å²) in [5, 5.41) is 0. The second kappa shape index (κ2) is 23.4. The van der Waals surface area contributed by atoms with E-state index >= 15 is 0 Å². The second-order valence-corrected chi connectivity index (χ2v) is 8.85. The smallest absolute Gasteiger partial charge is 0.121 e. The van der Waals surface area contributed by atoms with Crippen LogP contribution in [0.2, 0.25) is 12.6 Å². The summed E-state index contributed by atoms with van der Waals surface area (Å²) in [5.74, 6) is 2.81. The molecule has 0 heterocycles. The van der Waals surface area contributed by atoms with Gasteiger partial charge in [-0.25, -0.2) is 0 Å². The van der Waals surface area contributed by atoms with E-state index in [4.69, 9.17) is 0 Å². The molecule has 0 bridgehead atoms. The molecule has 2 heteroatoms. The average molecular weight is 354 g/mol. The summed E-state index contributed by atoms with van der Waals surface area (Å²) >= 11 is 2.20. The maximum atomic E-state index is 2.30. The van der Waals surface area contributed by atoms with Gasteiger partial charge in [-0.15, -0.1) is 0 Å². The molecule has 0 aromatic carbocycles. The molecule has 0 spiro atoms. The van der Waals surface area contributed by atoms with Crippen molar-refractivity contribution in [2.24, 2.45) is 0 Å². The summed E-state index contributed by atoms with van der Waals surface area (Å²) in [6.07, 6.45) is 26.3. The molecule has 0 aromatic heterocycles. The molecule has 0 amide bonds. The summed E-state index contributed by atoms with van der Waals surface area (Å²) in [6, 6.07) is 0. The molecular weight excluding hydrogens is 307 g/mol. The molecule has 0 nitrogen and oxygen atoms in total. The third-order valence-electron chi connectivity index (χ3n) is 5.03. The van der Waals surface area contributed by atoms with Crippen LogP contribution in [-0.2, 0) is 0 Å². The molecule has 0 aliphatic heterocycles. The zero-order chi connectivity index (χ0) is 17.6. The van der Waals surface area contributed by atoms with E-state index in [9.17, 15) is 0 Å². The maximum Gasteiger partial charge on any atom is 0.121 e. The van der Waals surface area contributed by atoms with E-state index in [0.717, 1.165) is 0 Å². The lowest BCUT2D eigenvalue weighted by Crippen LogP contribution is -1.93. The van der Waals surface area contributed by atoms with Crippen LogP contribution < -0.4 is 0 Å². The minimum atomic E-state index is 1.37. The molecule has 0 saturated heterocycles. The lowest BCUT2D eigenvalue weighted by Gasteiger charge is -2.03. The van der Waals surface area contributed by atoms with Crippen molar-refractivity contribution in [1.82, 2.24) is 0 Å². The monoisotopic (exact) mass is 354 g/mol. The molecule has 0 aliphatic rings. The Kier molecular flexibility index (Phi) is 23.8. The highest BCUT2D eigenvalue weighted by molar-refractivity contribution is 7.99. The maximum absolute atomic E-state index is 2.30. The number of hydrogen-bond acceptors (Lipinski definition) is 1. The van der Waals surface area contributed by atoms with E-state index in [1.165, 1.54) is 134 Å². The van der Waals surface area contributed by atoms with Gasteiger partial charge in [-0.3, -0.25) is 0 Å². The first-order chi connectivity index (χ1) is 11.9. The minimum absolute atomic E-state index is 1.37. The Balaban J connectivity index is 2.93. The number of hydrogen-bond donors (Lipinski definition) is 0. The largest absolute Gasteiger partial charge is 0.163 e. The summed E-state index contributed by atoms with van der Waals surface area (Å²) in [5.41, 5.74) is 0. The first kappa shape index (κ1) is 24.4. The van der Waals surface area contributed by atoms with Gasteiger partial charge < -0.3 is 0 Å². The molecule has 0 unspecified atom stereocenters. The summed E-state index contributed by atoms with van der Waals surface area (Å²) < 4.78 is 0. The second-order valence-electron chi connectivity index (χ2n) is 7.62. The lowest BCUT2D eigenvalue weighted by atomic mass is 9.70. The Hall–Kier alpha value is 0.415. The van der Waals surface area contributed by atoms with Crippen LogP contribution >= 0.6 is 11.8 Å². The highest BCUT2D eigenvalue weighted by Crippen LogP contribution is 2.13. The normalized spacial score (nSPS) is 11.1.